The summed E-state index contributed by atoms with van der Waals surface area (Å²) in [5.41, 5.74) is 5.56. The van der Waals surface area contributed by atoms with Gasteiger partial charge in [-0.15, -0.1) is 5.10 Å². The van der Waals surface area contributed by atoms with Gasteiger partial charge in [0.05, 0.1) is 12.2 Å². The first-order valence-electron chi connectivity index (χ1n) is 4.66. The molecular weight excluding hydrogens is 214 g/mol. The van der Waals surface area contributed by atoms with Gasteiger partial charge in [0.25, 0.3) is 0 Å². The van der Waals surface area contributed by atoms with Crippen LogP contribution in [0.3, 0.4) is 0 Å². The lowest BCUT2D eigenvalue weighted by Crippen LogP contribution is -2.21. The molecule has 88 valence electrons. The summed E-state index contributed by atoms with van der Waals surface area (Å²) in [5, 5.41) is 18.4. The number of carbonyl (C=O) groups is 2. The average Bonchev–Trinajstić information content (AvgIpc) is 2.68. The molecule has 1 rings (SSSR count). The van der Waals surface area contributed by atoms with Crippen LogP contribution in [0.15, 0.2) is 0 Å². The molecule has 1 heterocycles. The first-order chi connectivity index (χ1) is 7.60. The molecule has 0 spiro atoms. The summed E-state index contributed by atoms with van der Waals surface area (Å²) < 4.78 is 1.33. The van der Waals surface area contributed by atoms with Gasteiger partial charge >= 0.3 is 5.97 Å². The number of carbonyl (C=O) groups excluding carboxylic acids is 1. The minimum absolute atomic E-state index is 0.0162. The monoisotopic (exact) mass is 227 g/mol. The molecule has 1 aromatic heterocycles. The van der Waals surface area contributed by atoms with Gasteiger partial charge in [0.1, 0.15) is 0 Å². The summed E-state index contributed by atoms with van der Waals surface area (Å²) in [5.74, 6) is -1.33. The highest BCUT2D eigenvalue weighted by atomic mass is 16.4. The molecule has 4 N–H and O–H groups in total. The van der Waals surface area contributed by atoms with Gasteiger partial charge in [0, 0.05) is 20.0 Å². The summed E-state index contributed by atoms with van der Waals surface area (Å²) in [6.07, 6.45) is 0.200. The smallest absolute Gasteiger partial charge is 0.358 e. The normalized spacial score (nSPS) is 10.1. The fourth-order valence-electron chi connectivity index (χ4n) is 1.21. The molecule has 1 aromatic rings. The van der Waals surface area contributed by atoms with Gasteiger partial charge < -0.3 is 16.2 Å². The highest BCUT2D eigenvalue weighted by Crippen LogP contribution is 2.05. The molecule has 16 heavy (non-hydrogen) atoms. The average molecular weight is 227 g/mol. The Kier molecular flexibility index (Phi) is 3.95. The molecule has 0 aliphatic carbocycles. The molecule has 0 aliphatic rings. The van der Waals surface area contributed by atoms with Gasteiger partial charge in [-0.1, -0.05) is 5.21 Å². The molecule has 0 aromatic carbocycles. The molecule has 0 radical (unpaired) electrons. The second-order valence-corrected chi connectivity index (χ2v) is 3.04. The Morgan fingerprint density at radius 2 is 2.25 bits per heavy atom. The second kappa shape index (κ2) is 5.21. The molecule has 0 saturated heterocycles. The van der Waals surface area contributed by atoms with Crippen LogP contribution in [-0.2, 0) is 17.9 Å². The Morgan fingerprint density at radius 1 is 1.56 bits per heavy atom. The van der Waals surface area contributed by atoms with E-state index in [2.05, 4.69) is 15.6 Å². The first-order valence-corrected chi connectivity index (χ1v) is 4.66. The molecule has 1 amide bonds. The van der Waals surface area contributed by atoms with E-state index in [-0.39, 0.29) is 31.1 Å². The second-order valence-electron chi connectivity index (χ2n) is 3.04. The van der Waals surface area contributed by atoms with E-state index in [9.17, 15) is 9.59 Å². The number of carboxylic acids is 1. The number of amides is 1. The van der Waals surface area contributed by atoms with Gasteiger partial charge in [0.2, 0.25) is 5.91 Å². The third-order valence-electron chi connectivity index (χ3n) is 2.06. The number of carboxylic acid groups (broad SMARTS) is 1. The number of nitrogens with one attached hydrogen (secondary N) is 1. The Hall–Kier alpha value is -1.96. The van der Waals surface area contributed by atoms with Crippen LogP contribution in [-0.4, -0.2) is 39.0 Å². The predicted molar refractivity (Wildman–Crippen MR) is 53.6 cm³/mol. The van der Waals surface area contributed by atoms with E-state index in [1.807, 2.05) is 0 Å². The highest BCUT2D eigenvalue weighted by Gasteiger charge is 2.17. The number of hydrogen-bond acceptors (Lipinski definition) is 5. The largest absolute Gasteiger partial charge is 0.476 e. The Balaban J connectivity index is 2.81. The third-order valence-corrected chi connectivity index (χ3v) is 2.06. The Labute approximate surface area is 91.4 Å². The van der Waals surface area contributed by atoms with Crippen LogP contribution in [0.1, 0.15) is 22.6 Å². The molecule has 0 saturated carbocycles. The van der Waals surface area contributed by atoms with Crippen LogP contribution in [0.25, 0.3) is 0 Å². The maximum atomic E-state index is 11.0. The Morgan fingerprint density at radius 3 is 2.75 bits per heavy atom. The van der Waals surface area contributed by atoms with Crippen molar-refractivity contribution in [1.82, 2.24) is 20.3 Å². The van der Waals surface area contributed by atoms with E-state index in [0.717, 1.165) is 0 Å². The number of aromatic nitrogens is 3. The van der Waals surface area contributed by atoms with Crippen LogP contribution < -0.4 is 11.1 Å². The quantitative estimate of drug-likeness (QED) is 0.566. The molecule has 8 nitrogen and oxygen atoms in total. The lowest BCUT2D eigenvalue weighted by Gasteiger charge is -2.03. The molecule has 8 heteroatoms. The van der Waals surface area contributed by atoms with Crippen molar-refractivity contribution in [1.29, 1.82) is 0 Å². The van der Waals surface area contributed by atoms with Crippen molar-refractivity contribution in [2.75, 3.05) is 7.05 Å². The number of aryl methyl sites for hydroxylation is 1. The minimum atomic E-state index is -1.17. The standard InChI is InChI=1S/C8H13N5O3/c1-10-6(14)2-3-13-5(4-9)7(8(15)16)11-12-13/h2-4,9H2,1H3,(H,10,14)(H,15,16). The van der Waals surface area contributed by atoms with Crippen molar-refractivity contribution in [3.63, 3.8) is 0 Å². The van der Waals surface area contributed by atoms with Crippen molar-refractivity contribution < 1.29 is 14.7 Å². The number of hydrogen-bond donors (Lipinski definition) is 3. The number of nitrogens with zero attached hydrogens (tertiary/aromatic N) is 3. The van der Waals surface area contributed by atoms with Gasteiger partial charge in [0.15, 0.2) is 5.69 Å². The van der Waals surface area contributed by atoms with Crippen LogP contribution >= 0.6 is 0 Å². The lowest BCUT2D eigenvalue weighted by molar-refractivity contribution is -0.120. The van der Waals surface area contributed by atoms with E-state index >= 15 is 0 Å². The zero-order valence-electron chi connectivity index (χ0n) is 8.80. The topological polar surface area (TPSA) is 123 Å². The summed E-state index contributed by atoms with van der Waals surface area (Å²) in [6, 6.07) is 0. The summed E-state index contributed by atoms with van der Waals surface area (Å²) in [7, 11) is 1.52. The van der Waals surface area contributed by atoms with E-state index in [1.165, 1.54) is 11.7 Å². The molecule has 0 aliphatic heterocycles. The van der Waals surface area contributed by atoms with Crippen LogP contribution in [0.4, 0.5) is 0 Å². The maximum absolute atomic E-state index is 11.0. The molecule has 0 unspecified atom stereocenters. The summed E-state index contributed by atoms with van der Waals surface area (Å²) in [6.45, 7) is 0.273. The zero-order valence-corrected chi connectivity index (χ0v) is 8.80. The van der Waals surface area contributed by atoms with Crippen LogP contribution in [0.5, 0.6) is 0 Å². The van der Waals surface area contributed by atoms with E-state index in [1.54, 1.807) is 0 Å². The third kappa shape index (κ3) is 2.54. The van der Waals surface area contributed by atoms with Gasteiger partial charge in [-0.3, -0.25) is 4.79 Å². The summed E-state index contributed by atoms with van der Waals surface area (Å²) in [4.78, 5) is 21.7. The van der Waals surface area contributed by atoms with E-state index in [0.29, 0.717) is 5.69 Å². The minimum Gasteiger partial charge on any atom is -0.476 e. The molecule has 0 fully saturated rings. The number of nitrogens with two attached hydrogens (primary N) is 1. The molecule has 0 atom stereocenters. The van der Waals surface area contributed by atoms with Gasteiger partial charge in [-0.25, -0.2) is 9.48 Å². The fraction of sp³-hybridized carbons (Fsp3) is 0.500. The molecular formula is C8H13N5O3. The molecule has 0 bridgehead atoms. The van der Waals surface area contributed by atoms with Crippen LogP contribution in [0.2, 0.25) is 0 Å². The van der Waals surface area contributed by atoms with Crippen LogP contribution in [0, 0.1) is 0 Å². The number of rotatable bonds is 5. The predicted octanol–water partition coefficient (Wildman–Crippen LogP) is -1.43. The fourth-order valence-corrected chi connectivity index (χ4v) is 1.21. The van der Waals surface area contributed by atoms with Crippen molar-refractivity contribution in [2.45, 2.75) is 19.5 Å². The van der Waals surface area contributed by atoms with E-state index < -0.39 is 5.97 Å². The zero-order chi connectivity index (χ0) is 12.1. The van der Waals surface area contributed by atoms with Crippen molar-refractivity contribution in [3.05, 3.63) is 11.4 Å². The SMILES string of the molecule is CNC(=O)CCn1nnc(C(=O)O)c1CN. The maximum Gasteiger partial charge on any atom is 0.358 e. The summed E-state index contributed by atoms with van der Waals surface area (Å²) >= 11 is 0. The van der Waals surface area contributed by atoms with Gasteiger partial charge in [-0.2, -0.15) is 0 Å². The van der Waals surface area contributed by atoms with E-state index in [4.69, 9.17) is 10.8 Å². The van der Waals surface area contributed by atoms with Crippen molar-refractivity contribution in [3.8, 4) is 0 Å². The highest BCUT2D eigenvalue weighted by molar-refractivity contribution is 5.86. The number of aromatic carboxylic acids is 1. The van der Waals surface area contributed by atoms with Crippen molar-refractivity contribution in [2.24, 2.45) is 5.73 Å². The lowest BCUT2D eigenvalue weighted by atomic mass is 10.3. The van der Waals surface area contributed by atoms with Crippen molar-refractivity contribution >= 4 is 11.9 Å². The Bertz CT molecular complexity index is 400. The van der Waals surface area contributed by atoms with Gasteiger partial charge in [-0.05, 0) is 0 Å². The first kappa shape index (κ1) is 12.1.